The van der Waals surface area contributed by atoms with E-state index in [9.17, 15) is 18.0 Å². The van der Waals surface area contributed by atoms with Gasteiger partial charge in [-0.2, -0.15) is 13.2 Å². The molecule has 2 nitrogen and oxygen atoms in total. The Bertz CT molecular complexity index is 584. The predicted molar refractivity (Wildman–Crippen MR) is 73.1 cm³/mol. The van der Waals surface area contributed by atoms with Gasteiger partial charge in [0.15, 0.2) is 0 Å². The molecule has 106 valence electrons. The maximum Gasteiger partial charge on any atom is 0.416 e. The Kier molecular flexibility index (Phi) is 5.16. The number of hydrogen-bond acceptors (Lipinski definition) is 1. The van der Waals surface area contributed by atoms with Crippen molar-refractivity contribution in [2.45, 2.75) is 6.18 Å². The molecule has 0 saturated heterocycles. The first-order chi connectivity index (χ1) is 8.97. The number of alkyl halides is 3. The Morgan fingerprint density at radius 3 is 2.20 bits per heavy atom. The molecule has 0 aromatic heterocycles. The standard InChI is InChI=1S/C14H10F3NO.ClH/c15-14(16,17)11-7-4-8-12(9-11)18-13(19)10-5-2-1-3-6-10;/h1-9H,(H,18,19);1H. The minimum Gasteiger partial charge on any atom is -0.322 e. The van der Waals surface area contributed by atoms with Crippen molar-refractivity contribution in [2.24, 2.45) is 0 Å². The van der Waals surface area contributed by atoms with E-state index in [1.807, 2.05) is 0 Å². The summed E-state index contributed by atoms with van der Waals surface area (Å²) in [5.74, 6) is -0.445. The van der Waals surface area contributed by atoms with Gasteiger partial charge in [0, 0.05) is 11.3 Å². The molecule has 1 amide bonds. The van der Waals surface area contributed by atoms with Crippen molar-refractivity contribution in [3.63, 3.8) is 0 Å². The minimum absolute atomic E-state index is 0. The summed E-state index contributed by atoms with van der Waals surface area (Å²) in [7, 11) is 0. The largest absolute Gasteiger partial charge is 0.416 e. The molecule has 2 rings (SSSR count). The number of nitrogens with one attached hydrogen (secondary N) is 1. The van der Waals surface area contributed by atoms with Gasteiger partial charge in [-0.1, -0.05) is 24.3 Å². The summed E-state index contributed by atoms with van der Waals surface area (Å²) in [5.41, 5.74) is -0.290. The number of rotatable bonds is 2. The Balaban J connectivity index is 0.00000200. The molecule has 0 atom stereocenters. The summed E-state index contributed by atoms with van der Waals surface area (Å²) >= 11 is 0. The number of carbonyl (C=O) groups is 1. The number of halogens is 4. The third-order valence-corrected chi connectivity index (χ3v) is 2.48. The summed E-state index contributed by atoms with van der Waals surface area (Å²) in [6.45, 7) is 0. The van der Waals surface area contributed by atoms with Crippen LogP contribution in [0.25, 0.3) is 0 Å². The lowest BCUT2D eigenvalue weighted by atomic mass is 10.1. The highest BCUT2D eigenvalue weighted by atomic mass is 35.5. The molecular weight excluding hydrogens is 291 g/mol. The second kappa shape index (κ2) is 6.43. The zero-order valence-electron chi connectivity index (χ0n) is 10.1. The number of anilines is 1. The van der Waals surface area contributed by atoms with Crippen molar-refractivity contribution in [2.75, 3.05) is 5.32 Å². The Hall–Kier alpha value is -2.01. The molecule has 20 heavy (non-hydrogen) atoms. The molecule has 2 aromatic rings. The van der Waals surface area contributed by atoms with Crippen molar-refractivity contribution < 1.29 is 18.0 Å². The van der Waals surface area contributed by atoms with Crippen LogP contribution in [0.1, 0.15) is 15.9 Å². The topological polar surface area (TPSA) is 29.1 Å². The smallest absolute Gasteiger partial charge is 0.322 e. The molecule has 0 saturated carbocycles. The van der Waals surface area contributed by atoms with Gasteiger partial charge in [0.2, 0.25) is 0 Å². The molecular formula is C14H11ClF3NO. The van der Waals surface area contributed by atoms with E-state index in [-0.39, 0.29) is 18.1 Å². The van der Waals surface area contributed by atoms with E-state index in [4.69, 9.17) is 0 Å². The van der Waals surface area contributed by atoms with E-state index in [0.717, 1.165) is 12.1 Å². The van der Waals surface area contributed by atoms with Gasteiger partial charge >= 0.3 is 6.18 Å². The average Bonchev–Trinajstić information content (AvgIpc) is 2.39. The molecule has 0 radical (unpaired) electrons. The van der Waals surface area contributed by atoms with Crippen LogP contribution in [0.15, 0.2) is 54.6 Å². The highest BCUT2D eigenvalue weighted by Crippen LogP contribution is 2.30. The van der Waals surface area contributed by atoms with E-state index >= 15 is 0 Å². The first-order valence-electron chi connectivity index (χ1n) is 5.50. The van der Waals surface area contributed by atoms with Crippen LogP contribution in [-0.2, 0) is 6.18 Å². The molecule has 0 aliphatic rings. The third kappa shape index (κ3) is 3.99. The summed E-state index contributed by atoms with van der Waals surface area (Å²) in [5, 5.41) is 2.43. The number of benzene rings is 2. The van der Waals surface area contributed by atoms with Crippen molar-refractivity contribution >= 4 is 24.0 Å². The van der Waals surface area contributed by atoms with Crippen molar-refractivity contribution in [1.29, 1.82) is 0 Å². The minimum atomic E-state index is -4.42. The summed E-state index contributed by atoms with van der Waals surface area (Å²) in [4.78, 5) is 11.8. The fraction of sp³-hybridized carbons (Fsp3) is 0.0714. The lowest BCUT2D eigenvalue weighted by molar-refractivity contribution is -0.137. The third-order valence-electron chi connectivity index (χ3n) is 2.48. The zero-order valence-corrected chi connectivity index (χ0v) is 11.0. The van der Waals surface area contributed by atoms with Crippen LogP contribution >= 0.6 is 12.4 Å². The molecule has 6 heteroatoms. The second-order valence-electron chi connectivity index (χ2n) is 3.90. The van der Waals surface area contributed by atoms with Gasteiger partial charge in [-0.05, 0) is 30.3 Å². The quantitative estimate of drug-likeness (QED) is 0.876. The molecule has 0 heterocycles. The summed E-state index contributed by atoms with van der Waals surface area (Å²) in [6, 6.07) is 12.8. The molecule has 0 unspecified atom stereocenters. The maximum atomic E-state index is 12.5. The van der Waals surface area contributed by atoms with Crippen LogP contribution in [0.5, 0.6) is 0 Å². The van der Waals surface area contributed by atoms with Crippen LogP contribution in [-0.4, -0.2) is 5.91 Å². The van der Waals surface area contributed by atoms with Crippen LogP contribution in [0.3, 0.4) is 0 Å². The predicted octanol–water partition coefficient (Wildman–Crippen LogP) is 4.38. The molecule has 2 aromatic carbocycles. The van der Waals surface area contributed by atoms with Gasteiger partial charge in [-0.3, -0.25) is 4.79 Å². The molecule has 0 aliphatic heterocycles. The van der Waals surface area contributed by atoms with Crippen LogP contribution in [0, 0.1) is 0 Å². The van der Waals surface area contributed by atoms with Crippen molar-refractivity contribution in [1.82, 2.24) is 0 Å². The second-order valence-corrected chi connectivity index (χ2v) is 3.90. The van der Waals surface area contributed by atoms with E-state index in [0.29, 0.717) is 5.56 Å². The molecule has 0 bridgehead atoms. The zero-order chi connectivity index (χ0) is 13.9. The molecule has 0 aliphatic carbocycles. The van der Waals surface area contributed by atoms with Gasteiger partial charge in [0.25, 0.3) is 5.91 Å². The van der Waals surface area contributed by atoms with E-state index < -0.39 is 17.6 Å². The lowest BCUT2D eigenvalue weighted by Crippen LogP contribution is -2.12. The Labute approximate surface area is 120 Å². The SMILES string of the molecule is Cl.O=C(Nc1cccc(C(F)(F)F)c1)c1ccccc1. The number of hydrogen-bond donors (Lipinski definition) is 1. The molecule has 0 fully saturated rings. The number of carbonyl (C=O) groups excluding carboxylic acids is 1. The summed E-state index contributed by atoms with van der Waals surface area (Å²) < 4.78 is 37.5. The van der Waals surface area contributed by atoms with Crippen molar-refractivity contribution in [3.8, 4) is 0 Å². The van der Waals surface area contributed by atoms with Gasteiger partial charge in [-0.15, -0.1) is 12.4 Å². The Morgan fingerprint density at radius 1 is 0.950 bits per heavy atom. The first kappa shape index (κ1) is 16.0. The highest BCUT2D eigenvalue weighted by Gasteiger charge is 2.30. The van der Waals surface area contributed by atoms with Crippen LogP contribution in [0.4, 0.5) is 18.9 Å². The normalized spacial score (nSPS) is 10.6. The van der Waals surface area contributed by atoms with Crippen LogP contribution in [0.2, 0.25) is 0 Å². The highest BCUT2D eigenvalue weighted by molar-refractivity contribution is 6.04. The Morgan fingerprint density at radius 2 is 1.60 bits per heavy atom. The van der Waals surface area contributed by atoms with E-state index in [1.54, 1.807) is 30.3 Å². The van der Waals surface area contributed by atoms with Gasteiger partial charge in [0.1, 0.15) is 0 Å². The first-order valence-corrected chi connectivity index (χ1v) is 5.50. The monoisotopic (exact) mass is 301 g/mol. The van der Waals surface area contributed by atoms with Crippen molar-refractivity contribution in [3.05, 3.63) is 65.7 Å². The molecule has 1 N–H and O–H groups in total. The summed E-state index contributed by atoms with van der Waals surface area (Å²) in [6.07, 6.45) is -4.42. The van der Waals surface area contributed by atoms with E-state index in [2.05, 4.69) is 5.32 Å². The van der Waals surface area contributed by atoms with Crippen LogP contribution < -0.4 is 5.32 Å². The average molecular weight is 302 g/mol. The van der Waals surface area contributed by atoms with E-state index in [1.165, 1.54) is 12.1 Å². The lowest BCUT2D eigenvalue weighted by Gasteiger charge is -2.09. The maximum absolute atomic E-state index is 12.5. The fourth-order valence-corrected chi connectivity index (χ4v) is 1.57. The number of amides is 1. The van der Waals surface area contributed by atoms with Gasteiger partial charge in [-0.25, -0.2) is 0 Å². The fourth-order valence-electron chi connectivity index (χ4n) is 1.57. The molecule has 0 spiro atoms. The van der Waals surface area contributed by atoms with Gasteiger partial charge in [0.05, 0.1) is 5.56 Å². The van der Waals surface area contributed by atoms with Gasteiger partial charge < -0.3 is 5.32 Å².